The van der Waals surface area contributed by atoms with Crippen molar-refractivity contribution in [1.82, 2.24) is 4.90 Å². The van der Waals surface area contributed by atoms with Crippen molar-refractivity contribution in [1.29, 1.82) is 0 Å². The van der Waals surface area contributed by atoms with Crippen molar-refractivity contribution in [2.75, 3.05) is 13.7 Å². The van der Waals surface area contributed by atoms with Crippen LogP contribution in [0.15, 0.2) is 24.3 Å². The Morgan fingerprint density at radius 2 is 2.11 bits per heavy atom. The van der Waals surface area contributed by atoms with E-state index in [2.05, 4.69) is 0 Å². The zero-order valence-corrected chi connectivity index (χ0v) is 11.0. The maximum Gasteiger partial charge on any atom is 0.222 e. The van der Waals surface area contributed by atoms with E-state index in [1.54, 1.807) is 12.0 Å². The molecule has 19 heavy (non-hydrogen) atoms. The van der Waals surface area contributed by atoms with Crippen LogP contribution in [0.25, 0.3) is 0 Å². The molecule has 2 N–H and O–H groups in total. The Labute approximate surface area is 112 Å². The zero-order chi connectivity index (χ0) is 13.8. The van der Waals surface area contributed by atoms with Gasteiger partial charge in [-0.25, -0.2) is 0 Å². The monoisotopic (exact) mass is 262 g/mol. The number of benzene rings is 1. The van der Waals surface area contributed by atoms with Crippen LogP contribution in [-0.2, 0) is 16.1 Å². The van der Waals surface area contributed by atoms with Crippen molar-refractivity contribution in [2.24, 2.45) is 11.7 Å². The predicted octanol–water partition coefficient (Wildman–Crippen LogP) is 0.919. The van der Waals surface area contributed by atoms with Crippen molar-refractivity contribution in [3.05, 3.63) is 29.8 Å². The summed E-state index contributed by atoms with van der Waals surface area (Å²) in [5.74, 6) is 0.306. The SMILES string of the molecule is COc1ccc(CN2CC(C(N)=O)CCC2=O)cc1. The minimum absolute atomic E-state index is 0.0771. The van der Waals surface area contributed by atoms with Crippen LogP contribution in [-0.4, -0.2) is 30.4 Å². The summed E-state index contributed by atoms with van der Waals surface area (Å²) in [7, 11) is 1.61. The number of methoxy groups -OCH3 is 1. The quantitative estimate of drug-likeness (QED) is 0.877. The van der Waals surface area contributed by atoms with Gasteiger partial charge in [0, 0.05) is 19.5 Å². The average molecular weight is 262 g/mol. The van der Waals surface area contributed by atoms with E-state index >= 15 is 0 Å². The molecule has 1 atom stereocenters. The lowest BCUT2D eigenvalue weighted by molar-refractivity contribution is -0.138. The Balaban J connectivity index is 2.03. The third kappa shape index (κ3) is 3.24. The van der Waals surface area contributed by atoms with E-state index in [0.717, 1.165) is 11.3 Å². The van der Waals surface area contributed by atoms with Gasteiger partial charge >= 0.3 is 0 Å². The first-order valence-electron chi connectivity index (χ1n) is 6.30. The summed E-state index contributed by atoms with van der Waals surface area (Å²) >= 11 is 0. The predicted molar refractivity (Wildman–Crippen MR) is 70.3 cm³/mol. The molecule has 0 saturated carbocycles. The number of rotatable bonds is 4. The third-order valence-electron chi connectivity index (χ3n) is 3.44. The highest BCUT2D eigenvalue weighted by molar-refractivity contribution is 5.82. The fourth-order valence-electron chi connectivity index (χ4n) is 2.25. The number of primary amides is 1. The number of ether oxygens (including phenoxy) is 1. The lowest BCUT2D eigenvalue weighted by Gasteiger charge is -2.31. The Bertz CT molecular complexity index is 470. The summed E-state index contributed by atoms with van der Waals surface area (Å²) in [5, 5.41) is 0. The number of nitrogens with zero attached hydrogens (tertiary/aromatic N) is 1. The van der Waals surface area contributed by atoms with Crippen LogP contribution in [0.2, 0.25) is 0 Å². The molecule has 0 aromatic heterocycles. The van der Waals surface area contributed by atoms with Crippen molar-refractivity contribution < 1.29 is 14.3 Å². The Hall–Kier alpha value is -2.04. The fourth-order valence-corrected chi connectivity index (χ4v) is 2.25. The normalized spacial score (nSPS) is 19.3. The molecule has 1 aromatic rings. The maximum atomic E-state index is 11.8. The van der Waals surface area contributed by atoms with E-state index in [9.17, 15) is 9.59 Å². The van der Waals surface area contributed by atoms with Gasteiger partial charge in [-0.05, 0) is 24.1 Å². The zero-order valence-electron chi connectivity index (χ0n) is 11.0. The van der Waals surface area contributed by atoms with Gasteiger partial charge in [0.2, 0.25) is 11.8 Å². The number of likely N-dealkylation sites (tertiary alicyclic amines) is 1. The lowest BCUT2D eigenvalue weighted by Crippen LogP contribution is -2.43. The summed E-state index contributed by atoms with van der Waals surface area (Å²) in [4.78, 5) is 24.7. The van der Waals surface area contributed by atoms with Crippen molar-refractivity contribution >= 4 is 11.8 Å². The minimum Gasteiger partial charge on any atom is -0.497 e. The summed E-state index contributed by atoms with van der Waals surface area (Å²) < 4.78 is 5.09. The highest BCUT2D eigenvalue weighted by Gasteiger charge is 2.28. The summed E-state index contributed by atoms with van der Waals surface area (Å²) in [6.45, 7) is 0.923. The molecule has 2 amide bonds. The number of amides is 2. The number of carbonyl (C=O) groups is 2. The first kappa shape index (κ1) is 13.4. The van der Waals surface area contributed by atoms with E-state index in [1.807, 2.05) is 24.3 Å². The van der Waals surface area contributed by atoms with Crippen LogP contribution < -0.4 is 10.5 Å². The smallest absolute Gasteiger partial charge is 0.222 e. The molecule has 102 valence electrons. The Kier molecular flexibility index (Phi) is 4.04. The first-order chi connectivity index (χ1) is 9.10. The van der Waals surface area contributed by atoms with Crippen LogP contribution in [0.3, 0.4) is 0 Å². The Morgan fingerprint density at radius 3 is 2.68 bits per heavy atom. The number of nitrogens with two attached hydrogens (primary N) is 1. The van der Waals surface area contributed by atoms with Crippen LogP contribution >= 0.6 is 0 Å². The van der Waals surface area contributed by atoms with Crippen molar-refractivity contribution in [2.45, 2.75) is 19.4 Å². The van der Waals surface area contributed by atoms with Gasteiger partial charge in [-0.3, -0.25) is 9.59 Å². The molecule has 0 bridgehead atoms. The molecule has 0 radical (unpaired) electrons. The van der Waals surface area contributed by atoms with Crippen molar-refractivity contribution in [3.63, 3.8) is 0 Å². The van der Waals surface area contributed by atoms with E-state index in [4.69, 9.17) is 10.5 Å². The second-order valence-corrected chi connectivity index (χ2v) is 4.76. The maximum absolute atomic E-state index is 11.8. The van der Waals surface area contributed by atoms with Crippen LogP contribution in [0, 0.1) is 5.92 Å². The third-order valence-corrected chi connectivity index (χ3v) is 3.44. The molecule has 5 heteroatoms. The molecule has 1 saturated heterocycles. The van der Waals surface area contributed by atoms with E-state index in [-0.39, 0.29) is 17.7 Å². The molecule has 0 aliphatic carbocycles. The van der Waals surface area contributed by atoms with Gasteiger partial charge in [0.25, 0.3) is 0 Å². The summed E-state index contributed by atoms with van der Waals surface area (Å²) in [6.07, 6.45) is 0.955. The van der Waals surface area contributed by atoms with E-state index in [0.29, 0.717) is 25.9 Å². The second kappa shape index (κ2) is 5.73. The molecule has 1 unspecified atom stereocenters. The molecule has 1 aliphatic rings. The van der Waals surface area contributed by atoms with Crippen LogP contribution in [0.1, 0.15) is 18.4 Å². The van der Waals surface area contributed by atoms with Gasteiger partial charge < -0.3 is 15.4 Å². The van der Waals surface area contributed by atoms with E-state index < -0.39 is 0 Å². The van der Waals surface area contributed by atoms with Gasteiger partial charge in [0.05, 0.1) is 13.0 Å². The molecule has 1 heterocycles. The lowest BCUT2D eigenvalue weighted by atomic mass is 9.96. The number of carbonyl (C=O) groups excluding carboxylic acids is 2. The fraction of sp³-hybridized carbons (Fsp3) is 0.429. The van der Waals surface area contributed by atoms with Crippen LogP contribution in [0.5, 0.6) is 5.75 Å². The van der Waals surface area contributed by atoms with Crippen molar-refractivity contribution in [3.8, 4) is 5.75 Å². The van der Waals surface area contributed by atoms with Gasteiger partial charge in [-0.1, -0.05) is 12.1 Å². The molecule has 5 nitrogen and oxygen atoms in total. The molecular formula is C14H18N2O3. The molecule has 1 aromatic carbocycles. The number of hydrogen-bond donors (Lipinski definition) is 1. The molecule has 0 spiro atoms. The highest BCUT2D eigenvalue weighted by atomic mass is 16.5. The molecular weight excluding hydrogens is 244 g/mol. The minimum atomic E-state index is -0.327. The van der Waals surface area contributed by atoms with Gasteiger partial charge in [-0.2, -0.15) is 0 Å². The largest absolute Gasteiger partial charge is 0.497 e. The average Bonchev–Trinajstić information content (AvgIpc) is 2.42. The second-order valence-electron chi connectivity index (χ2n) is 4.76. The molecule has 2 rings (SSSR count). The summed E-state index contributed by atoms with van der Waals surface area (Å²) in [6, 6.07) is 7.55. The molecule has 1 aliphatic heterocycles. The van der Waals surface area contributed by atoms with E-state index in [1.165, 1.54) is 0 Å². The topological polar surface area (TPSA) is 72.6 Å². The number of piperidine rings is 1. The van der Waals surface area contributed by atoms with Gasteiger partial charge in [0.15, 0.2) is 0 Å². The number of hydrogen-bond acceptors (Lipinski definition) is 3. The first-order valence-corrected chi connectivity index (χ1v) is 6.30. The van der Waals surface area contributed by atoms with Gasteiger partial charge in [0.1, 0.15) is 5.75 Å². The summed E-state index contributed by atoms with van der Waals surface area (Å²) in [5.41, 5.74) is 6.33. The van der Waals surface area contributed by atoms with Gasteiger partial charge in [-0.15, -0.1) is 0 Å². The molecule has 1 fully saturated rings. The standard InChI is InChI=1S/C14H18N2O3/c1-19-12-5-2-10(3-6-12)8-16-9-11(14(15)18)4-7-13(16)17/h2-3,5-6,11H,4,7-9H2,1H3,(H2,15,18). The Morgan fingerprint density at radius 1 is 1.42 bits per heavy atom. The highest BCUT2D eigenvalue weighted by Crippen LogP contribution is 2.20. The van der Waals surface area contributed by atoms with Crippen LogP contribution in [0.4, 0.5) is 0 Å².